The summed E-state index contributed by atoms with van der Waals surface area (Å²) in [6.45, 7) is 7.68. The predicted octanol–water partition coefficient (Wildman–Crippen LogP) is 1.22. The Hall–Kier alpha value is -4.42. The number of aromatic nitrogens is 1. The molecule has 5 amide bonds. The zero-order valence-electron chi connectivity index (χ0n) is 26.2. The van der Waals surface area contributed by atoms with E-state index in [-0.39, 0.29) is 31.2 Å². The van der Waals surface area contributed by atoms with Crippen LogP contribution in [-0.4, -0.2) is 87.2 Å². The fraction of sp³-hybridized carbons (Fsp3) is 0.562. The lowest BCUT2D eigenvalue weighted by Gasteiger charge is -2.31. The lowest BCUT2D eigenvalue weighted by Crippen LogP contribution is -2.59. The first kappa shape index (κ1) is 33.5. The molecule has 244 valence electrons. The molecule has 2 aromatic rings. The summed E-state index contributed by atoms with van der Waals surface area (Å²) < 4.78 is 0. The normalized spacial score (nSPS) is 25.9. The molecule has 3 heterocycles. The van der Waals surface area contributed by atoms with Gasteiger partial charge in [-0.1, -0.05) is 52.3 Å². The Morgan fingerprint density at radius 3 is 2.27 bits per heavy atom. The fourth-order valence-electron chi connectivity index (χ4n) is 6.07. The van der Waals surface area contributed by atoms with Crippen LogP contribution in [-0.2, 0) is 35.2 Å². The third-order valence-electron chi connectivity index (χ3n) is 8.70. The maximum absolute atomic E-state index is 13.9. The zero-order valence-corrected chi connectivity index (χ0v) is 26.2. The van der Waals surface area contributed by atoms with E-state index in [0.717, 1.165) is 16.5 Å². The molecular formula is C32H44N6O7. The molecule has 6 N–H and O–H groups in total. The second-order valence-electron chi connectivity index (χ2n) is 12.5. The number of aliphatic carboxylic acids is 1. The number of amides is 5. The van der Waals surface area contributed by atoms with Crippen molar-refractivity contribution in [3.05, 3.63) is 36.0 Å². The number of aromatic amines is 1. The maximum atomic E-state index is 13.9. The van der Waals surface area contributed by atoms with Crippen molar-refractivity contribution >= 4 is 46.4 Å². The minimum atomic E-state index is -1.48. The number of carboxylic acids is 1. The molecule has 0 saturated carbocycles. The number of fused-ring (bicyclic) bond motifs is 2. The van der Waals surface area contributed by atoms with Crippen molar-refractivity contribution < 1.29 is 33.9 Å². The van der Waals surface area contributed by atoms with E-state index in [1.54, 1.807) is 6.20 Å². The Morgan fingerprint density at radius 1 is 0.911 bits per heavy atom. The molecule has 1 aromatic carbocycles. The summed E-state index contributed by atoms with van der Waals surface area (Å²) in [5, 5.41) is 21.5. The molecule has 1 aromatic heterocycles. The summed E-state index contributed by atoms with van der Waals surface area (Å²) in [4.78, 5) is 84.9. The van der Waals surface area contributed by atoms with Crippen LogP contribution in [0.4, 0.5) is 0 Å². The lowest BCUT2D eigenvalue weighted by molar-refractivity contribution is -0.146. The molecule has 0 aliphatic carbocycles. The maximum Gasteiger partial charge on any atom is 0.305 e. The van der Waals surface area contributed by atoms with E-state index < -0.39 is 72.1 Å². The fourth-order valence-corrected chi connectivity index (χ4v) is 6.07. The highest BCUT2D eigenvalue weighted by Crippen LogP contribution is 2.22. The summed E-state index contributed by atoms with van der Waals surface area (Å²) in [6.07, 6.45) is 2.67. The van der Waals surface area contributed by atoms with Crippen LogP contribution in [0.15, 0.2) is 30.5 Å². The monoisotopic (exact) mass is 624 g/mol. The number of carbonyl (C=O) groups is 6. The molecule has 6 atom stereocenters. The zero-order chi connectivity index (χ0) is 32.8. The third-order valence-corrected chi connectivity index (χ3v) is 8.70. The third kappa shape index (κ3) is 8.00. The van der Waals surface area contributed by atoms with Crippen LogP contribution in [0.2, 0.25) is 0 Å². The predicted molar refractivity (Wildman–Crippen MR) is 166 cm³/mol. The molecule has 13 nitrogen and oxygen atoms in total. The van der Waals surface area contributed by atoms with Gasteiger partial charge in [0.05, 0.1) is 6.42 Å². The van der Waals surface area contributed by atoms with Crippen molar-refractivity contribution in [3.8, 4) is 0 Å². The lowest BCUT2D eigenvalue weighted by atomic mass is 9.96. The SMILES string of the molecule is CC[C@H](C)[C@H]1NC(=O)[C@@H]2CCCN2C(=O)[C@@H](CC(=O)O)NC(=O)[C@@H](Cc2c[nH]c3ccccc23)NC(=O)[C@H](CC(C)C)NC1=O. The largest absolute Gasteiger partial charge is 0.481 e. The number of hydrogen-bond donors (Lipinski definition) is 6. The van der Waals surface area contributed by atoms with Gasteiger partial charge in [0, 0.05) is 30.1 Å². The topological polar surface area (TPSA) is 190 Å². The molecule has 45 heavy (non-hydrogen) atoms. The summed E-state index contributed by atoms with van der Waals surface area (Å²) >= 11 is 0. The number of nitrogens with zero attached hydrogens (tertiary/aromatic N) is 1. The number of carbonyl (C=O) groups excluding carboxylic acids is 5. The molecule has 2 saturated heterocycles. The summed E-state index contributed by atoms with van der Waals surface area (Å²) in [6, 6.07) is 1.82. The number of nitrogens with one attached hydrogen (secondary N) is 5. The summed E-state index contributed by atoms with van der Waals surface area (Å²) in [5.41, 5.74) is 1.55. The van der Waals surface area contributed by atoms with Crippen molar-refractivity contribution in [1.29, 1.82) is 0 Å². The highest BCUT2D eigenvalue weighted by molar-refractivity contribution is 5.99. The number of H-pyrrole nitrogens is 1. The van der Waals surface area contributed by atoms with E-state index in [9.17, 15) is 33.9 Å². The van der Waals surface area contributed by atoms with Gasteiger partial charge < -0.3 is 36.3 Å². The molecule has 13 heteroatoms. The summed E-state index contributed by atoms with van der Waals surface area (Å²) in [5.74, 6) is -4.77. The van der Waals surface area contributed by atoms with Gasteiger partial charge in [-0.3, -0.25) is 28.8 Å². The first-order chi connectivity index (χ1) is 21.4. The second-order valence-corrected chi connectivity index (χ2v) is 12.5. The molecule has 4 rings (SSSR count). The van der Waals surface area contributed by atoms with Crippen molar-refractivity contribution in [2.75, 3.05) is 6.54 Å². The average Bonchev–Trinajstić information content (AvgIpc) is 3.65. The van der Waals surface area contributed by atoms with E-state index >= 15 is 0 Å². The van der Waals surface area contributed by atoms with Crippen LogP contribution in [0.3, 0.4) is 0 Å². The first-order valence-corrected chi connectivity index (χ1v) is 15.7. The number of benzene rings is 1. The first-order valence-electron chi connectivity index (χ1n) is 15.7. The van der Waals surface area contributed by atoms with Crippen LogP contribution in [0.25, 0.3) is 10.9 Å². The molecule has 0 spiro atoms. The van der Waals surface area contributed by atoms with Crippen molar-refractivity contribution in [2.45, 2.75) is 96.4 Å². The Kier molecular flexibility index (Phi) is 10.8. The molecule has 2 aliphatic heterocycles. The van der Waals surface area contributed by atoms with Crippen LogP contribution >= 0.6 is 0 Å². The van der Waals surface area contributed by atoms with Crippen LogP contribution in [0.1, 0.15) is 65.4 Å². The molecule has 2 aliphatic rings. The van der Waals surface area contributed by atoms with Crippen molar-refractivity contribution in [3.63, 3.8) is 0 Å². The standard InChI is InChI=1S/C32H44N6O7/c1-5-18(4)27-31(44)35-22(13-17(2)3)28(41)34-23(14-19-16-33-21-10-7-6-9-20(19)21)29(42)36-24(15-26(39)40)32(45)38-12-8-11-25(38)30(43)37-27/h6-7,9-10,16-18,22-25,27,33H,5,8,11-15H2,1-4H3,(H,34,41)(H,35,44)(H,36,42)(H,37,43)(H,39,40)/t18-,22-,23+,24+,25-,27+/m0/s1. The molecule has 2 fully saturated rings. The van der Waals surface area contributed by atoms with Gasteiger partial charge >= 0.3 is 5.97 Å². The summed E-state index contributed by atoms with van der Waals surface area (Å²) in [7, 11) is 0. The Bertz CT molecular complexity index is 1440. The van der Waals surface area contributed by atoms with Gasteiger partial charge in [0.2, 0.25) is 29.5 Å². The van der Waals surface area contributed by atoms with Gasteiger partial charge in [-0.25, -0.2) is 0 Å². The van der Waals surface area contributed by atoms with Gasteiger partial charge in [-0.15, -0.1) is 0 Å². The quantitative estimate of drug-likeness (QED) is 0.254. The van der Waals surface area contributed by atoms with Gasteiger partial charge in [-0.2, -0.15) is 0 Å². The Labute approximate surface area is 262 Å². The molecular weight excluding hydrogens is 580 g/mol. The number of carboxylic acid groups (broad SMARTS) is 1. The van der Waals surface area contributed by atoms with Crippen molar-refractivity contribution in [2.24, 2.45) is 11.8 Å². The highest BCUT2D eigenvalue weighted by atomic mass is 16.4. The molecule has 0 radical (unpaired) electrons. The van der Waals surface area contributed by atoms with Crippen molar-refractivity contribution in [1.82, 2.24) is 31.2 Å². The minimum Gasteiger partial charge on any atom is -0.481 e. The van der Waals surface area contributed by atoms with Gasteiger partial charge in [0.25, 0.3) is 0 Å². The average molecular weight is 625 g/mol. The smallest absolute Gasteiger partial charge is 0.305 e. The number of hydrogen-bond acceptors (Lipinski definition) is 6. The Morgan fingerprint density at radius 2 is 1.58 bits per heavy atom. The Balaban J connectivity index is 1.77. The molecule has 0 bridgehead atoms. The number of rotatable bonds is 8. The van der Waals surface area contributed by atoms with E-state index in [0.29, 0.717) is 19.3 Å². The van der Waals surface area contributed by atoms with Gasteiger partial charge in [-0.05, 0) is 42.7 Å². The van der Waals surface area contributed by atoms with Gasteiger partial charge in [0.15, 0.2) is 0 Å². The highest BCUT2D eigenvalue weighted by Gasteiger charge is 2.41. The molecule has 0 unspecified atom stereocenters. The van der Waals surface area contributed by atoms with E-state index in [2.05, 4.69) is 26.3 Å². The van der Waals surface area contributed by atoms with Crippen LogP contribution < -0.4 is 21.3 Å². The van der Waals surface area contributed by atoms with Gasteiger partial charge in [0.1, 0.15) is 30.2 Å². The number of para-hydroxylation sites is 1. The van der Waals surface area contributed by atoms with E-state index in [1.807, 2.05) is 52.0 Å². The van der Waals surface area contributed by atoms with Crippen LogP contribution in [0, 0.1) is 11.8 Å². The van der Waals surface area contributed by atoms with Crippen LogP contribution in [0.5, 0.6) is 0 Å². The van der Waals surface area contributed by atoms with E-state index in [1.165, 1.54) is 4.90 Å². The minimum absolute atomic E-state index is 0.00900. The van der Waals surface area contributed by atoms with E-state index in [4.69, 9.17) is 0 Å². The second kappa shape index (κ2) is 14.6.